The van der Waals surface area contributed by atoms with E-state index in [9.17, 15) is 14.4 Å². The van der Waals surface area contributed by atoms with Crippen molar-refractivity contribution < 1.29 is 19.1 Å². The number of hydrogen-bond donors (Lipinski definition) is 2. The molecular formula is C17H21ClN4O4S. The Morgan fingerprint density at radius 1 is 1.44 bits per heavy atom. The van der Waals surface area contributed by atoms with Crippen LogP contribution in [0.15, 0.2) is 11.4 Å². The van der Waals surface area contributed by atoms with E-state index in [2.05, 4.69) is 10.4 Å². The van der Waals surface area contributed by atoms with Crippen molar-refractivity contribution in [1.82, 2.24) is 9.78 Å². The molecule has 0 aliphatic heterocycles. The number of rotatable bonds is 8. The van der Waals surface area contributed by atoms with E-state index in [0.717, 1.165) is 24.2 Å². The molecule has 0 unspecified atom stereocenters. The second-order valence-corrected chi connectivity index (χ2v) is 7.17. The first-order valence-electron chi connectivity index (χ1n) is 8.38. The third-order valence-corrected chi connectivity index (χ3v) is 5.03. The van der Waals surface area contributed by atoms with Gasteiger partial charge in [0.25, 0.3) is 11.8 Å². The van der Waals surface area contributed by atoms with Crippen LogP contribution in [-0.2, 0) is 16.1 Å². The van der Waals surface area contributed by atoms with E-state index in [1.165, 1.54) is 13.0 Å². The Bertz CT molecular complexity index is 861. The van der Waals surface area contributed by atoms with Crippen LogP contribution in [0.1, 0.15) is 53.1 Å². The highest BCUT2D eigenvalue weighted by Crippen LogP contribution is 2.24. The molecule has 0 aliphatic carbocycles. The van der Waals surface area contributed by atoms with Gasteiger partial charge in [-0.15, -0.1) is 11.3 Å². The molecule has 0 radical (unpaired) electrons. The van der Waals surface area contributed by atoms with Crippen LogP contribution in [-0.4, -0.2) is 33.7 Å². The smallest absolute Gasteiger partial charge is 0.343 e. The average Bonchev–Trinajstić information content (AvgIpc) is 3.17. The monoisotopic (exact) mass is 412 g/mol. The quantitative estimate of drug-likeness (QED) is 0.646. The minimum atomic E-state index is -1.10. The van der Waals surface area contributed by atoms with Crippen LogP contribution in [0.3, 0.4) is 0 Å². The topological polar surface area (TPSA) is 116 Å². The molecule has 27 heavy (non-hydrogen) atoms. The number of amides is 2. The normalized spacial score (nSPS) is 11.9. The second-order valence-electron chi connectivity index (χ2n) is 5.89. The van der Waals surface area contributed by atoms with Crippen molar-refractivity contribution in [3.63, 3.8) is 0 Å². The first-order valence-corrected chi connectivity index (χ1v) is 9.64. The summed E-state index contributed by atoms with van der Waals surface area (Å²) < 4.78 is 6.77. The van der Waals surface area contributed by atoms with Gasteiger partial charge in [0.05, 0.1) is 11.3 Å². The van der Waals surface area contributed by atoms with Crippen LogP contribution in [0.4, 0.5) is 5.00 Å². The number of nitrogens with one attached hydrogen (secondary N) is 1. The number of aromatic nitrogens is 2. The van der Waals surface area contributed by atoms with Gasteiger partial charge in [0.2, 0.25) is 0 Å². The molecule has 0 aromatic carbocycles. The highest BCUT2D eigenvalue weighted by Gasteiger charge is 2.26. The first-order chi connectivity index (χ1) is 12.8. The van der Waals surface area contributed by atoms with Crippen molar-refractivity contribution in [2.45, 2.75) is 46.3 Å². The molecule has 0 saturated heterocycles. The van der Waals surface area contributed by atoms with Crippen LogP contribution in [0.5, 0.6) is 0 Å². The molecule has 3 N–H and O–H groups in total. The number of esters is 1. The summed E-state index contributed by atoms with van der Waals surface area (Å²) in [6.45, 7) is 5.71. The van der Waals surface area contributed by atoms with Gasteiger partial charge in [0.1, 0.15) is 15.7 Å². The molecule has 0 bridgehead atoms. The number of nitrogens with two attached hydrogens (primary N) is 1. The van der Waals surface area contributed by atoms with Gasteiger partial charge in [-0.25, -0.2) is 4.79 Å². The fourth-order valence-electron chi connectivity index (χ4n) is 2.33. The van der Waals surface area contributed by atoms with E-state index in [1.54, 1.807) is 17.0 Å². The Labute approximate surface area is 165 Å². The van der Waals surface area contributed by atoms with E-state index in [-0.39, 0.29) is 16.3 Å². The Kier molecular flexibility index (Phi) is 6.98. The van der Waals surface area contributed by atoms with Crippen molar-refractivity contribution in [2.75, 3.05) is 5.32 Å². The molecule has 2 rings (SSSR count). The lowest BCUT2D eigenvalue weighted by Gasteiger charge is -2.13. The molecule has 8 nitrogen and oxygen atoms in total. The summed E-state index contributed by atoms with van der Waals surface area (Å²) in [5.41, 5.74) is 6.02. The van der Waals surface area contributed by atoms with Gasteiger partial charge < -0.3 is 15.8 Å². The highest BCUT2D eigenvalue weighted by atomic mass is 35.5. The number of hydrogen-bond acceptors (Lipinski definition) is 6. The highest BCUT2D eigenvalue weighted by molar-refractivity contribution is 7.14. The molecule has 2 heterocycles. The van der Waals surface area contributed by atoms with Gasteiger partial charge in [-0.05, 0) is 31.7 Å². The molecule has 10 heteroatoms. The van der Waals surface area contributed by atoms with E-state index < -0.39 is 23.9 Å². The zero-order valence-electron chi connectivity index (χ0n) is 15.2. The van der Waals surface area contributed by atoms with Gasteiger partial charge in [-0.1, -0.05) is 24.9 Å². The Balaban J connectivity index is 2.07. The Morgan fingerprint density at radius 2 is 2.15 bits per heavy atom. The number of thiophene rings is 1. The zero-order valence-corrected chi connectivity index (χ0v) is 16.8. The first kappa shape index (κ1) is 20.9. The number of aryl methyl sites for hydroxylation is 2. The number of halogens is 1. The van der Waals surface area contributed by atoms with Gasteiger partial charge in [-0.2, -0.15) is 5.10 Å². The number of unbranched alkanes of at least 4 members (excludes halogenated alkanes) is 1. The third-order valence-electron chi connectivity index (χ3n) is 3.81. The summed E-state index contributed by atoms with van der Waals surface area (Å²) in [4.78, 5) is 36.1. The molecule has 2 aromatic heterocycles. The summed E-state index contributed by atoms with van der Waals surface area (Å²) >= 11 is 7.39. The van der Waals surface area contributed by atoms with Crippen molar-refractivity contribution >= 4 is 45.7 Å². The third kappa shape index (κ3) is 4.86. The minimum absolute atomic E-state index is 0.140. The fourth-order valence-corrected chi connectivity index (χ4v) is 3.46. The maximum Gasteiger partial charge on any atom is 0.343 e. The van der Waals surface area contributed by atoms with Crippen molar-refractivity contribution in [3.8, 4) is 0 Å². The van der Waals surface area contributed by atoms with Crippen molar-refractivity contribution in [2.24, 2.45) is 5.73 Å². The largest absolute Gasteiger partial charge is 0.449 e. The number of carbonyl (C=O) groups excluding carboxylic acids is 3. The zero-order chi connectivity index (χ0) is 20.1. The van der Waals surface area contributed by atoms with E-state index in [0.29, 0.717) is 17.2 Å². The predicted octanol–water partition coefficient (Wildman–Crippen LogP) is 2.99. The van der Waals surface area contributed by atoms with Gasteiger partial charge >= 0.3 is 5.97 Å². The molecule has 2 aromatic rings. The van der Waals surface area contributed by atoms with Crippen LogP contribution in [0, 0.1) is 6.92 Å². The summed E-state index contributed by atoms with van der Waals surface area (Å²) in [5, 5.41) is 8.90. The maximum absolute atomic E-state index is 12.5. The molecule has 0 aliphatic rings. The van der Waals surface area contributed by atoms with Crippen LogP contribution in [0.25, 0.3) is 0 Å². The van der Waals surface area contributed by atoms with Crippen molar-refractivity contribution in [3.05, 3.63) is 33.4 Å². The summed E-state index contributed by atoms with van der Waals surface area (Å²) in [7, 11) is 0. The number of anilines is 1. The number of nitrogens with zero attached hydrogens (tertiary/aromatic N) is 2. The molecule has 0 fully saturated rings. The summed E-state index contributed by atoms with van der Waals surface area (Å²) in [5.74, 6) is -1.97. The molecule has 0 spiro atoms. The lowest BCUT2D eigenvalue weighted by molar-refractivity contribution is -0.123. The maximum atomic E-state index is 12.5. The molecule has 146 valence electrons. The lowest BCUT2D eigenvalue weighted by Crippen LogP contribution is -2.30. The van der Waals surface area contributed by atoms with Crippen LogP contribution in [0.2, 0.25) is 5.15 Å². The SMILES string of the molecule is CCCCn1nc(C)c(C(=O)O[C@@H](C)C(=O)Nc2sccc2C(N)=O)c1Cl. The number of ether oxygens (including phenoxy) is 1. The standard InChI is InChI=1S/C17H21ClN4O4S/c1-4-5-7-22-13(18)12(9(2)21-22)17(25)26-10(3)15(24)20-16-11(14(19)23)6-8-27-16/h6,8,10H,4-5,7H2,1-3H3,(H2,19,23)(H,20,24)/t10-/m0/s1. The van der Waals surface area contributed by atoms with E-state index in [4.69, 9.17) is 22.1 Å². The molecule has 1 atom stereocenters. The van der Waals surface area contributed by atoms with Gasteiger partial charge in [0.15, 0.2) is 6.10 Å². The fraction of sp³-hybridized carbons (Fsp3) is 0.412. The Hall–Kier alpha value is -2.39. The van der Waals surface area contributed by atoms with Crippen LogP contribution < -0.4 is 11.1 Å². The van der Waals surface area contributed by atoms with E-state index in [1.807, 2.05) is 6.92 Å². The van der Waals surface area contributed by atoms with Gasteiger partial charge in [-0.3, -0.25) is 14.3 Å². The summed E-state index contributed by atoms with van der Waals surface area (Å²) in [6, 6.07) is 1.51. The predicted molar refractivity (Wildman–Crippen MR) is 103 cm³/mol. The lowest BCUT2D eigenvalue weighted by atomic mass is 10.2. The van der Waals surface area contributed by atoms with E-state index >= 15 is 0 Å². The van der Waals surface area contributed by atoms with Gasteiger partial charge in [0, 0.05) is 6.54 Å². The Morgan fingerprint density at radius 3 is 2.78 bits per heavy atom. The molecule has 0 saturated carbocycles. The number of primary amides is 1. The van der Waals surface area contributed by atoms with Crippen molar-refractivity contribution in [1.29, 1.82) is 0 Å². The number of carbonyl (C=O) groups is 3. The second kappa shape index (κ2) is 9.01. The average molecular weight is 413 g/mol. The summed E-state index contributed by atoms with van der Waals surface area (Å²) in [6.07, 6.45) is 0.731. The minimum Gasteiger partial charge on any atom is -0.449 e. The molecular weight excluding hydrogens is 392 g/mol. The molecule has 2 amide bonds. The van der Waals surface area contributed by atoms with Crippen LogP contribution >= 0.6 is 22.9 Å².